The summed E-state index contributed by atoms with van der Waals surface area (Å²) < 4.78 is 0. The Kier molecular flexibility index (Phi) is 4.59. The van der Waals surface area contributed by atoms with Crippen LogP contribution in [0.5, 0.6) is 0 Å². The van der Waals surface area contributed by atoms with Crippen LogP contribution in [-0.4, -0.2) is 23.0 Å². The maximum Gasteiger partial charge on any atom is 0.303 e. The van der Waals surface area contributed by atoms with Gasteiger partial charge in [-0.1, -0.05) is 6.42 Å². The standard InChI is InChI=1S/C11H19NO3/c1-8(4-2-7-10(13)14)12-11(15)9-5-3-6-9/h8-9H,2-7H2,1H3,(H,12,15)(H,13,14). The number of carboxylic acids is 1. The van der Waals surface area contributed by atoms with Gasteiger partial charge in [-0.3, -0.25) is 9.59 Å². The molecule has 1 aliphatic carbocycles. The van der Waals surface area contributed by atoms with Gasteiger partial charge in [0.15, 0.2) is 0 Å². The van der Waals surface area contributed by atoms with E-state index in [0.717, 1.165) is 25.7 Å². The molecule has 0 aromatic heterocycles. The molecule has 0 spiro atoms. The van der Waals surface area contributed by atoms with Crippen LogP contribution in [-0.2, 0) is 9.59 Å². The van der Waals surface area contributed by atoms with E-state index in [0.29, 0.717) is 6.42 Å². The van der Waals surface area contributed by atoms with Gasteiger partial charge in [-0.15, -0.1) is 0 Å². The number of carboxylic acid groups (broad SMARTS) is 1. The second-order valence-electron chi connectivity index (χ2n) is 4.32. The van der Waals surface area contributed by atoms with E-state index in [9.17, 15) is 9.59 Å². The van der Waals surface area contributed by atoms with E-state index >= 15 is 0 Å². The topological polar surface area (TPSA) is 66.4 Å². The van der Waals surface area contributed by atoms with Crippen molar-refractivity contribution in [2.45, 2.75) is 51.5 Å². The molecule has 1 unspecified atom stereocenters. The third kappa shape index (κ3) is 4.32. The van der Waals surface area contributed by atoms with Gasteiger partial charge in [0, 0.05) is 18.4 Å². The van der Waals surface area contributed by atoms with Gasteiger partial charge in [0.1, 0.15) is 0 Å². The summed E-state index contributed by atoms with van der Waals surface area (Å²) in [4.78, 5) is 21.8. The minimum Gasteiger partial charge on any atom is -0.481 e. The van der Waals surface area contributed by atoms with Crippen LogP contribution >= 0.6 is 0 Å². The highest BCUT2D eigenvalue weighted by molar-refractivity contribution is 5.79. The molecule has 1 aliphatic rings. The summed E-state index contributed by atoms with van der Waals surface area (Å²) in [6.07, 6.45) is 4.72. The zero-order valence-electron chi connectivity index (χ0n) is 9.16. The van der Waals surface area contributed by atoms with Crippen molar-refractivity contribution in [2.75, 3.05) is 0 Å². The summed E-state index contributed by atoms with van der Waals surface area (Å²) in [6, 6.07) is 0.0949. The molecule has 1 fully saturated rings. The van der Waals surface area contributed by atoms with Crippen LogP contribution in [0.25, 0.3) is 0 Å². The Morgan fingerprint density at radius 3 is 2.60 bits per heavy atom. The summed E-state index contributed by atoms with van der Waals surface area (Å²) in [5.74, 6) is -0.413. The molecule has 1 rings (SSSR count). The molecule has 0 aliphatic heterocycles. The fourth-order valence-corrected chi connectivity index (χ4v) is 1.66. The van der Waals surface area contributed by atoms with E-state index in [2.05, 4.69) is 5.32 Å². The predicted octanol–water partition coefficient (Wildman–Crippen LogP) is 1.55. The Balaban J connectivity index is 2.09. The zero-order chi connectivity index (χ0) is 11.3. The van der Waals surface area contributed by atoms with Gasteiger partial charge in [0.05, 0.1) is 0 Å². The zero-order valence-corrected chi connectivity index (χ0v) is 9.16. The average Bonchev–Trinajstić information content (AvgIpc) is 1.98. The SMILES string of the molecule is CC(CCCC(=O)O)NC(=O)C1CCC1. The quantitative estimate of drug-likeness (QED) is 0.703. The Morgan fingerprint density at radius 2 is 2.13 bits per heavy atom. The van der Waals surface area contributed by atoms with Crippen LogP contribution in [0.15, 0.2) is 0 Å². The van der Waals surface area contributed by atoms with Crippen molar-refractivity contribution in [1.82, 2.24) is 5.32 Å². The maximum absolute atomic E-state index is 11.5. The van der Waals surface area contributed by atoms with E-state index in [1.165, 1.54) is 0 Å². The van der Waals surface area contributed by atoms with E-state index in [1.807, 2.05) is 6.92 Å². The molecule has 4 nitrogen and oxygen atoms in total. The lowest BCUT2D eigenvalue weighted by Gasteiger charge is -2.26. The fourth-order valence-electron chi connectivity index (χ4n) is 1.66. The van der Waals surface area contributed by atoms with Crippen LogP contribution in [0.4, 0.5) is 0 Å². The molecule has 4 heteroatoms. The van der Waals surface area contributed by atoms with Crippen molar-refractivity contribution in [3.8, 4) is 0 Å². The number of carbonyl (C=O) groups is 2. The minimum absolute atomic E-state index is 0.0949. The molecule has 0 aromatic carbocycles. The highest BCUT2D eigenvalue weighted by atomic mass is 16.4. The molecule has 1 amide bonds. The van der Waals surface area contributed by atoms with Gasteiger partial charge in [-0.05, 0) is 32.6 Å². The number of hydrogen-bond acceptors (Lipinski definition) is 2. The smallest absolute Gasteiger partial charge is 0.303 e. The number of rotatable bonds is 6. The summed E-state index contributed by atoms with van der Waals surface area (Å²) in [5.41, 5.74) is 0. The van der Waals surface area contributed by atoms with E-state index in [1.54, 1.807) is 0 Å². The monoisotopic (exact) mass is 213 g/mol. The van der Waals surface area contributed by atoms with Crippen molar-refractivity contribution in [3.05, 3.63) is 0 Å². The maximum atomic E-state index is 11.5. The first-order valence-electron chi connectivity index (χ1n) is 5.61. The molecule has 0 radical (unpaired) electrons. The molecular weight excluding hydrogens is 194 g/mol. The van der Waals surface area contributed by atoms with Crippen molar-refractivity contribution >= 4 is 11.9 Å². The Hall–Kier alpha value is -1.06. The number of carbonyl (C=O) groups excluding carboxylic acids is 1. The molecule has 1 saturated carbocycles. The Bertz CT molecular complexity index is 236. The molecule has 1 atom stereocenters. The van der Waals surface area contributed by atoms with Crippen molar-refractivity contribution in [2.24, 2.45) is 5.92 Å². The first-order chi connectivity index (χ1) is 7.09. The molecule has 15 heavy (non-hydrogen) atoms. The molecule has 0 heterocycles. The first-order valence-corrected chi connectivity index (χ1v) is 5.61. The van der Waals surface area contributed by atoms with Crippen LogP contribution < -0.4 is 5.32 Å². The predicted molar refractivity (Wildman–Crippen MR) is 56.4 cm³/mol. The number of hydrogen-bond donors (Lipinski definition) is 2. The van der Waals surface area contributed by atoms with Crippen LogP contribution in [0.2, 0.25) is 0 Å². The van der Waals surface area contributed by atoms with Crippen molar-refractivity contribution in [3.63, 3.8) is 0 Å². The Morgan fingerprint density at radius 1 is 1.47 bits per heavy atom. The second kappa shape index (κ2) is 5.73. The van der Waals surface area contributed by atoms with Gasteiger partial charge >= 0.3 is 5.97 Å². The third-order valence-corrected chi connectivity index (χ3v) is 2.89. The van der Waals surface area contributed by atoms with Gasteiger partial charge in [-0.25, -0.2) is 0 Å². The summed E-state index contributed by atoms with van der Waals surface area (Å²) >= 11 is 0. The van der Waals surface area contributed by atoms with Gasteiger partial charge in [0.25, 0.3) is 0 Å². The lowest BCUT2D eigenvalue weighted by molar-refractivity contribution is -0.137. The summed E-state index contributed by atoms with van der Waals surface area (Å²) in [6.45, 7) is 1.93. The molecular formula is C11H19NO3. The molecule has 0 saturated heterocycles. The second-order valence-corrected chi connectivity index (χ2v) is 4.32. The van der Waals surface area contributed by atoms with E-state index in [-0.39, 0.29) is 24.3 Å². The van der Waals surface area contributed by atoms with Crippen LogP contribution in [0.1, 0.15) is 45.4 Å². The van der Waals surface area contributed by atoms with Gasteiger partial charge < -0.3 is 10.4 Å². The lowest BCUT2D eigenvalue weighted by atomic mass is 9.84. The number of aliphatic carboxylic acids is 1. The molecule has 86 valence electrons. The highest BCUT2D eigenvalue weighted by Crippen LogP contribution is 2.26. The minimum atomic E-state index is -0.771. The lowest BCUT2D eigenvalue weighted by Crippen LogP contribution is -2.39. The van der Waals surface area contributed by atoms with Crippen LogP contribution in [0, 0.1) is 5.92 Å². The molecule has 0 aromatic rings. The van der Waals surface area contributed by atoms with Gasteiger partial charge in [-0.2, -0.15) is 0 Å². The highest BCUT2D eigenvalue weighted by Gasteiger charge is 2.25. The van der Waals surface area contributed by atoms with Gasteiger partial charge in [0.2, 0.25) is 5.91 Å². The third-order valence-electron chi connectivity index (χ3n) is 2.89. The Labute approximate surface area is 90.0 Å². The van der Waals surface area contributed by atoms with Crippen molar-refractivity contribution in [1.29, 1.82) is 0 Å². The fraction of sp³-hybridized carbons (Fsp3) is 0.818. The first kappa shape index (κ1) is 12.0. The number of amides is 1. The molecule has 0 bridgehead atoms. The average molecular weight is 213 g/mol. The van der Waals surface area contributed by atoms with Crippen molar-refractivity contribution < 1.29 is 14.7 Å². The molecule has 2 N–H and O–H groups in total. The van der Waals surface area contributed by atoms with Crippen LogP contribution in [0.3, 0.4) is 0 Å². The van der Waals surface area contributed by atoms with E-state index < -0.39 is 5.97 Å². The summed E-state index contributed by atoms with van der Waals surface area (Å²) in [5, 5.41) is 11.4. The number of nitrogens with one attached hydrogen (secondary N) is 1. The van der Waals surface area contributed by atoms with E-state index in [4.69, 9.17) is 5.11 Å². The summed E-state index contributed by atoms with van der Waals surface area (Å²) in [7, 11) is 0. The largest absolute Gasteiger partial charge is 0.481 e. The normalized spacial score (nSPS) is 17.9.